The summed E-state index contributed by atoms with van der Waals surface area (Å²) < 4.78 is 36.6. The number of hydrogen-bond acceptors (Lipinski definition) is 3. The lowest BCUT2D eigenvalue weighted by Crippen LogP contribution is -2.12. The minimum absolute atomic E-state index is 0.0347. The zero-order chi connectivity index (χ0) is 15.5. The van der Waals surface area contributed by atoms with E-state index in [1.807, 2.05) is 6.92 Å². The molecular weight excluding hydrogens is 301 g/mol. The van der Waals surface area contributed by atoms with Crippen LogP contribution in [0.2, 0.25) is 0 Å². The number of carbonyl (C=O) groups excluding carboxylic acids is 1. The molecule has 0 saturated carbocycles. The number of amides is 1. The molecule has 0 aliphatic heterocycles. The van der Waals surface area contributed by atoms with E-state index in [1.54, 1.807) is 18.3 Å². The lowest BCUT2D eigenvalue weighted by molar-refractivity contribution is -0.0328. The number of nitrogens with zero attached hydrogens (tertiary/aromatic N) is 1. The van der Waals surface area contributed by atoms with E-state index < -0.39 is 11.4 Å². The van der Waals surface area contributed by atoms with E-state index in [9.17, 15) is 18.0 Å². The molecule has 21 heavy (non-hydrogen) atoms. The van der Waals surface area contributed by atoms with E-state index >= 15 is 0 Å². The highest BCUT2D eigenvalue weighted by Crippen LogP contribution is 2.36. The molecule has 1 heterocycles. The van der Waals surface area contributed by atoms with Crippen LogP contribution >= 0.6 is 11.8 Å². The minimum atomic E-state index is -4.34. The Labute approximate surface area is 123 Å². The van der Waals surface area contributed by atoms with Crippen LogP contribution in [-0.2, 0) is 0 Å². The van der Waals surface area contributed by atoms with Crippen molar-refractivity contribution in [1.29, 1.82) is 0 Å². The summed E-state index contributed by atoms with van der Waals surface area (Å²) in [7, 11) is 0. The summed E-state index contributed by atoms with van der Waals surface area (Å²) in [4.78, 5) is 16.0. The van der Waals surface area contributed by atoms with Gasteiger partial charge >= 0.3 is 5.51 Å². The molecule has 1 N–H and O–H groups in total. The van der Waals surface area contributed by atoms with E-state index in [-0.39, 0.29) is 22.2 Å². The summed E-state index contributed by atoms with van der Waals surface area (Å²) in [5.41, 5.74) is -3.11. The van der Waals surface area contributed by atoms with Crippen molar-refractivity contribution in [2.24, 2.45) is 0 Å². The second-order valence-corrected chi connectivity index (χ2v) is 5.39. The molecule has 0 bridgehead atoms. The summed E-state index contributed by atoms with van der Waals surface area (Å²) in [6, 6.07) is 8.66. The molecule has 0 spiro atoms. The van der Waals surface area contributed by atoms with Gasteiger partial charge in [0.2, 0.25) is 0 Å². The highest BCUT2D eigenvalue weighted by molar-refractivity contribution is 8.00. The minimum Gasteiger partial charge on any atom is -0.307 e. The Morgan fingerprint density at radius 3 is 2.33 bits per heavy atom. The molecule has 0 radical (unpaired) electrons. The Morgan fingerprint density at radius 1 is 1.14 bits per heavy atom. The third kappa shape index (κ3) is 4.78. The van der Waals surface area contributed by atoms with Gasteiger partial charge in [-0.1, -0.05) is 6.07 Å². The van der Waals surface area contributed by atoms with Crippen molar-refractivity contribution in [2.75, 3.05) is 5.32 Å². The zero-order valence-electron chi connectivity index (χ0n) is 10.9. The number of aromatic nitrogens is 1. The number of nitrogens with one attached hydrogen (secondary N) is 1. The van der Waals surface area contributed by atoms with Gasteiger partial charge in [-0.05, 0) is 54.6 Å². The highest BCUT2D eigenvalue weighted by atomic mass is 32.2. The molecule has 2 rings (SSSR count). The van der Waals surface area contributed by atoms with Crippen molar-refractivity contribution in [2.45, 2.75) is 17.3 Å². The molecule has 0 atom stereocenters. The Kier molecular flexibility index (Phi) is 4.52. The number of benzene rings is 1. The summed E-state index contributed by atoms with van der Waals surface area (Å²) in [5.74, 6) is -0.0331. The van der Waals surface area contributed by atoms with Crippen LogP contribution < -0.4 is 5.32 Å². The Bertz CT molecular complexity index is 624. The second-order valence-electron chi connectivity index (χ2n) is 4.25. The third-order valence-electron chi connectivity index (χ3n) is 2.50. The van der Waals surface area contributed by atoms with Crippen LogP contribution in [0.3, 0.4) is 0 Å². The molecule has 0 saturated heterocycles. The van der Waals surface area contributed by atoms with Crippen molar-refractivity contribution < 1.29 is 18.0 Å². The first kappa shape index (κ1) is 15.4. The van der Waals surface area contributed by atoms with Crippen LogP contribution in [0.15, 0.2) is 47.5 Å². The lowest BCUT2D eigenvalue weighted by Gasteiger charge is -2.07. The summed E-state index contributed by atoms with van der Waals surface area (Å²) >= 11 is -0.217. The quantitative estimate of drug-likeness (QED) is 0.861. The van der Waals surface area contributed by atoms with Gasteiger partial charge in [0.05, 0.1) is 0 Å². The first-order valence-electron chi connectivity index (χ1n) is 5.93. The summed E-state index contributed by atoms with van der Waals surface area (Å²) in [6.45, 7) is 1.87. The van der Waals surface area contributed by atoms with Gasteiger partial charge in [0.15, 0.2) is 0 Å². The Hall–Kier alpha value is -2.02. The van der Waals surface area contributed by atoms with Crippen LogP contribution in [0, 0.1) is 6.92 Å². The maximum Gasteiger partial charge on any atom is 0.446 e. The van der Waals surface area contributed by atoms with Crippen LogP contribution in [0.25, 0.3) is 0 Å². The molecule has 0 unspecified atom stereocenters. The van der Waals surface area contributed by atoms with Crippen molar-refractivity contribution in [3.63, 3.8) is 0 Å². The molecule has 0 aliphatic rings. The lowest BCUT2D eigenvalue weighted by atomic mass is 10.2. The van der Waals surface area contributed by atoms with Crippen LogP contribution in [0.4, 0.5) is 19.0 Å². The monoisotopic (exact) mass is 312 g/mol. The molecule has 110 valence electrons. The van der Waals surface area contributed by atoms with Crippen LogP contribution in [0.5, 0.6) is 0 Å². The summed E-state index contributed by atoms with van der Waals surface area (Å²) in [6.07, 6.45) is 1.61. The summed E-state index contributed by atoms with van der Waals surface area (Å²) in [5, 5.41) is 2.57. The number of pyridine rings is 1. The Morgan fingerprint density at radius 2 is 1.81 bits per heavy atom. The molecular formula is C14H11F3N2OS. The fraction of sp³-hybridized carbons (Fsp3) is 0.143. The molecule has 2 aromatic rings. The third-order valence-corrected chi connectivity index (χ3v) is 3.24. The number of anilines is 1. The number of rotatable bonds is 3. The maximum absolute atomic E-state index is 12.2. The average molecular weight is 312 g/mol. The predicted octanol–water partition coefficient (Wildman–Crippen LogP) is 4.25. The molecule has 0 aliphatic carbocycles. The first-order valence-corrected chi connectivity index (χ1v) is 6.75. The van der Waals surface area contributed by atoms with Gasteiger partial charge in [-0.15, -0.1) is 0 Å². The standard InChI is InChI=1S/C14H11F3N2OS/c1-9-2-7-12(18-8-9)19-13(20)10-3-5-11(6-4-10)21-14(15,16)17/h2-8H,1H3,(H,18,19,20). The van der Waals surface area contributed by atoms with Gasteiger partial charge in [0.1, 0.15) is 5.82 Å². The molecule has 1 amide bonds. The van der Waals surface area contributed by atoms with E-state index in [4.69, 9.17) is 0 Å². The van der Waals surface area contributed by atoms with Crippen LogP contribution in [-0.4, -0.2) is 16.4 Å². The first-order chi connectivity index (χ1) is 9.83. The second kappa shape index (κ2) is 6.17. The topological polar surface area (TPSA) is 42.0 Å². The van der Waals surface area contributed by atoms with Gasteiger partial charge in [-0.2, -0.15) is 13.2 Å². The van der Waals surface area contributed by atoms with Gasteiger partial charge in [0, 0.05) is 16.7 Å². The van der Waals surface area contributed by atoms with Gasteiger partial charge in [-0.25, -0.2) is 4.98 Å². The van der Waals surface area contributed by atoms with Gasteiger partial charge < -0.3 is 5.32 Å². The SMILES string of the molecule is Cc1ccc(NC(=O)c2ccc(SC(F)(F)F)cc2)nc1. The predicted molar refractivity (Wildman–Crippen MR) is 75.3 cm³/mol. The van der Waals surface area contributed by atoms with E-state index in [2.05, 4.69) is 10.3 Å². The van der Waals surface area contributed by atoms with Crippen molar-refractivity contribution in [1.82, 2.24) is 4.98 Å². The number of halogens is 3. The van der Waals surface area contributed by atoms with E-state index in [1.165, 1.54) is 24.3 Å². The largest absolute Gasteiger partial charge is 0.446 e. The van der Waals surface area contributed by atoms with E-state index in [0.717, 1.165) is 5.56 Å². The smallest absolute Gasteiger partial charge is 0.307 e. The number of hydrogen-bond donors (Lipinski definition) is 1. The fourth-order valence-corrected chi connectivity index (χ4v) is 2.08. The molecule has 1 aromatic heterocycles. The molecule has 3 nitrogen and oxygen atoms in total. The van der Waals surface area contributed by atoms with Crippen molar-refractivity contribution in [3.8, 4) is 0 Å². The van der Waals surface area contributed by atoms with Crippen LogP contribution in [0.1, 0.15) is 15.9 Å². The molecule has 7 heteroatoms. The Balaban J connectivity index is 2.04. The fourth-order valence-electron chi connectivity index (χ4n) is 1.54. The average Bonchev–Trinajstić information content (AvgIpc) is 2.40. The van der Waals surface area contributed by atoms with Gasteiger partial charge in [-0.3, -0.25) is 4.79 Å². The number of alkyl halides is 3. The number of thioether (sulfide) groups is 1. The van der Waals surface area contributed by atoms with E-state index in [0.29, 0.717) is 5.82 Å². The normalized spacial score (nSPS) is 11.2. The highest BCUT2D eigenvalue weighted by Gasteiger charge is 2.29. The molecule has 0 fully saturated rings. The molecule has 1 aromatic carbocycles. The van der Waals surface area contributed by atoms with Crippen molar-refractivity contribution in [3.05, 3.63) is 53.7 Å². The number of aryl methyl sites for hydroxylation is 1. The van der Waals surface area contributed by atoms with Gasteiger partial charge in [0.25, 0.3) is 5.91 Å². The zero-order valence-corrected chi connectivity index (χ0v) is 11.8. The number of carbonyl (C=O) groups is 1. The van der Waals surface area contributed by atoms with Crippen molar-refractivity contribution >= 4 is 23.5 Å². The maximum atomic E-state index is 12.2.